The number of hydrogen-bond donors (Lipinski definition) is 1. The minimum atomic E-state index is -0.0508. The average Bonchev–Trinajstić information content (AvgIpc) is 3.06. The molecule has 0 aliphatic carbocycles. The van der Waals surface area contributed by atoms with Gasteiger partial charge in [0.1, 0.15) is 6.33 Å². The highest BCUT2D eigenvalue weighted by atomic mass is 16.1. The van der Waals surface area contributed by atoms with Crippen LogP contribution in [0.25, 0.3) is 5.78 Å². The summed E-state index contributed by atoms with van der Waals surface area (Å²) in [5.74, 6) is 0.540. The van der Waals surface area contributed by atoms with Gasteiger partial charge in [-0.25, -0.2) is 9.50 Å². The molecule has 0 aliphatic heterocycles. The highest BCUT2D eigenvalue weighted by Gasteiger charge is 2.05. The third-order valence-electron chi connectivity index (χ3n) is 3.76. The SMILES string of the molecule is CN(C)c1ccc(C(=O)NCCCc2cnc3ncnn3c2)cc1. The molecule has 0 unspecified atom stereocenters. The van der Waals surface area contributed by atoms with E-state index in [0.29, 0.717) is 17.9 Å². The zero-order valence-corrected chi connectivity index (χ0v) is 13.8. The lowest BCUT2D eigenvalue weighted by atomic mass is 10.1. The summed E-state index contributed by atoms with van der Waals surface area (Å²) in [6.07, 6.45) is 6.85. The third-order valence-corrected chi connectivity index (χ3v) is 3.76. The number of aryl methyl sites for hydroxylation is 1. The molecule has 1 N–H and O–H groups in total. The van der Waals surface area contributed by atoms with E-state index >= 15 is 0 Å². The zero-order chi connectivity index (χ0) is 16.9. The number of nitrogens with one attached hydrogen (secondary N) is 1. The van der Waals surface area contributed by atoms with Crippen molar-refractivity contribution in [3.8, 4) is 0 Å². The Balaban J connectivity index is 1.47. The lowest BCUT2D eigenvalue weighted by Gasteiger charge is -2.12. The topological polar surface area (TPSA) is 75.4 Å². The van der Waals surface area contributed by atoms with Gasteiger partial charge in [-0.3, -0.25) is 4.79 Å². The Morgan fingerprint density at radius 3 is 2.75 bits per heavy atom. The molecule has 7 nitrogen and oxygen atoms in total. The molecule has 0 spiro atoms. The van der Waals surface area contributed by atoms with Crippen LogP contribution in [0.15, 0.2) is 43.0 Å². The highest BCUT2D eigenvalue weighted by Crippen LogP contribution is 2.12. The Hall–Kier alpha value is -2.96. The van der Waals surface area contributed by atoms with Crippen molar-refractivity contribution in [3.63, 3.8) is 0 Å². The number of carbonyl (C=O) groups is 1. The molecule has 0 saturated heterocycles. The zero-order valence-electron chi connectivity index (χ0n) is 13.8. The molecule has 7 heteroatoms. The van der Waals surface area contributed by atoms with Crippen molar-refractivity contribution in [3.05, 3.63) is 54.1 Å². The van der Waals surface area contributed by atoms with E-state index < -0.39 is 0 Å². The molecule has 1 aromatic carbocycles. The average molecular weight is 324 g/mol. The molecular formula is C17H20N6O. The smallest absolute Gasteiger partial charge is 0.252 e. The fraction of sp³-hybridized carbons (Fsp3) is 0.294. The highest BCUT2D eigenvalue weighted by molar-refractivity contribution is 5.94. The molecule has 24 heavy (non-hydrogen) atoms. The monoisotopic (exact) mass is 324 g/mol. The Kier molecular flexibility index (Phi) is 4.69. The minimum absolute atomic E-state index is 0.0508. The Labute approximate surface area is 140 Å². The summed E-state index contributed by atoms with van der Waals surface area (Å²) in [4.78, 5) is 22.4. The summed E-state index contributed by atoms with van der Waals surface area (Å²) in [5, 5.41) is 7.01. The van der Waals surface area contributed by atoms with Crippen LogP contribution in [0.2, 0.25) is 0 Å². The van der Waals surface area contributed by atoms with Crippen LogP contribution in [0, 0.1) is 0 Å². The second-order valence-electron chi connectivity index (χ2n) is 5.77. The molecule has 124 valence electrons. The summed E-state index contributed by atoms with van der Waals surface area (Å²) in [7, 11) is 3.95. The molecule has 3 rings (SSSR count). The largest absolute Gasteiger partial charge is 0.378 e. The van der Waals surface area contributed by atoms with Gasteiger partial charge in [0.25, 0.3) is 11.7 Å². The number of rotatable bonds is 6. The molecule has 2 aromatic heterocycles. The summed E-state index contributed by atoms with van der Waals surface area (Å²) < 4.78 is 1.65. The standard InChI is InChI=1S/C17H20N6O/c1-22(2)15-7-5-14(6-8-15)16(24)18-9-3-4-13-10-19-17-20-12-21-23(17)11-13/h5-8,10-12H,3-4,9H2,1-2H3,(H,18,24). The van der Waals surface area contributed by atoms with E-state index in [1.165, 1.54) is 6.33 Å². The fourth-order valence-electron chi connectivity index (χ4n) is 2.40. The maximum atomic E-state index is 12.1. The van der Waals surface area contributed by atoms with Gasteiger partial charge in [-0.2, -0.15) is 10.1 Å². The Morgan fingerprint density at radius 2 is 2.00 bits per heavy atom. The van der Waals surface area contributed by atoms with Crippen LogP contribution >= 0.6 is 0 Å². The minimum Gasteiger partial charge on any atom is -0.378 e. The summed E-state index contributed by atoms with van der Waals surface area (Å²) >= 11 is 0. The van der Waals surface area contributed by atoms with Crippen LogP contribution in [0.4, 0.5) is 5.69 Å². The van der Waals surface area contributed by atoms with Crippen molar-refractivity contribution >= 4 is 17.4 Å². The first-order valence-electron chi connectivity index (χ1n) is 7.83. The van der Waals surface area contributed by atoms with E-state index in [0.717, 1.165) is 24.1 Å². The number of aromatic nitrogens is 4. The quantitative estimate of drug-likeness (QED) is 0.696. The fourth-order valence-corrected chi connectivity index (χ4v) is 2.40. The van der Waals surface area contributed by atoms with Gasteiger partial charge in [-0.1, -0.05) is 0 Å². The number of carbonyl (C=O) groups excluding carboxylic acids is 1. The van der Waals surface area contributed by atoms with Crippen LogP contribution < -0.4 is 10.2 Å². The van der Waals surface area contributed by atoms with Gasteiger partial charge in [0.05, 0.1) is 0 Å². The molecule has 0 fully saturated rings. The number of anilines is 1. The Morgan fingerprint density at radius 1 is 1.21 bits per heavy atom. The van der Waals surface area contributed by atoms with E-state index in [-0.39, 0.29) is 5.91 Å². The molecule has 2 heterocycles. The number of nitrogens with zero attached hydrogens (tertiary/aromatic N) is 5. The van der Waals surface area contributed by atoms with Gasteiger partial charge in [0.15, 0.2) is 0 Å². The van der Waals surface area contributed by atoms with Crippen LogP contribution in [-0.2, 0) is 6.42 Å². The molecular weight excluding hydrogens is 304 g/mol. The first-order chi connectivity index (χ1) is 11.6. The van der Waals surface area contributed by atoms with Crippen molar-refractivity contribution in [1.29, 1.82) is 0 Å². The van der Waals surface area contributed by atoms with Crippen LogP contribution in [-0.4, -0.2) is 46.1 Å². The van der Waals surface area contributed by atoms with E-state index in [9.17, 15) is 4.79 Å². The van der Waals surface area contributed by atoms with Crippen molar-refractivity contribution in [1.82, 2.24) is 24.9 Å². The molecule has 3 aromatic rings. The van der Waals surface area contributed by atoms with Crippen LogP contribution in [0.1, 0.15) is 22.3 Å². The van der Waals surface area contributed by atoms with E-state index in [2.05, 4.69) is 20.4 Å². The molecule has 0 atom stereocenters. The van der Waals surface area contributed by atoms with Crippen molar-refractivity contribution < 1.29 is 4.79 Å². The molecule has 0 aliphatic rings. The van der Waals surface area contributed by atoms with E-state index in [1.807, 2.05) is 49.5 Å². The number of amides is 1. The second-order valence-corrected chi connectivity index (χ2v) is 5.77. The molecule has 1 amide bonds. The van der Waals surface area contributed by atoms with Gasteiger partial charge < -0.3 is 10.2 Å². The summed E-state index contributed by atoms with van der Waals surface area (Å²) in [6, 6.07) is 7.56. The first-order valence-corrected chi connectivity index (χ1v) is 7.83. The predicted molar refractivity (Wildman–Crippen MR) is 92.2 cm³/mol. The van der Waals surface area contributed by atoms with Gasteiger partial charge in [-0.15, -0.1) is 0 Å². The summed E-state index contributed by atoms with van der Waals surface area (Å²) in [5.41, 5.74) is 2.81. The first kappa shape index (κ1) is 15.9. The van der Waals surface area contributed by atoms with E-state index in [4.69, 9.17) is 0 Å². The van der Waals surface area contributed by atoms with Gasteiger partial charge in [-0.05, 0) is 42.7 Å². The third kappa shape index (κ3) is 3.68. The number of hydrogen-bond acceptors (Lipinski definition) is 5. The molecule has 0 bridgehead atoms. The van der Waals surface area contributed by atoms with Gasteiger partial charge in [0.2, 0.25) is 0 Å². The normalized spacial score (nSPS) is 10.8. The second kappa shape index (κ2) is 7.08. The van der Waals surface area contributed by atoms with Gasteiger partial charge in [0, 0.05) is 44.3 Å². The lowest BCUT2D eigenvalue weighted by molar-refractivity contribution is 0.0953. The van der Waals surface area contributed by atoms with Crippen LogP contribution in [0.5, 0.6) is 0 Å². The molecule has 0 radical (unpaired) electrons. The van der Waals surface area contributed by atoms with Crippen LogP contribution in [0.3, 0.4) is 0 Å². The van der Waals surface area contributed by atoms with Gasteiger partial charge >= 0.3 is 0 Å². The molecule has 0 saturated carbocycles. The maximum absolute atomic E-state index is 12.1. The van der Waals surface area contributed by atoms with E-state index in [1.54, 1.807) is 10.7 Å². The summed E-state index contributed by atoms with van der Waals surface area (Å²) in [6.45, 7) is 0.615. The number of benzene rings is 1. The Bertz CT molecular complexity index is 824. The lowest BCUT2D eigenvalue weighted by Crippen LogP contribution is -2.24. The van der Waals surface area contributed by atoms with Crippen molar-refractivity contribution in [2.45, 2.75) is 12.8 Å². The van der Waals surface area contributed by atoms with Crippen molar-refractivity contribution in [2.75, 3.05) is 25.5 Å². The maximum Gasteiger partial charge on any atom is 0.252 e. The number of fused-ring (bicyclic) bond motifs is 1. The predicted octanol–water partition coefficient (Wildman–Crippen LogP) is 1.55. The van der Waals surface area contributed by atoms with Crippen molar-refractivity contribution in [2.24, 2.45) is 0 Å².